The van der Waals surface area contributed by atoms with Crippen molar-refractivity contribution < 1.29 is 27.1 Å². The molecule has 1 aromatic rings. The summed E-state index contributed by atoms with van der Waals surface area (Å²) in [7, 11) is 1.39. The molecule has 0 unspecified atom stereocenters. The van der Waals surface area contributed by atoms with Crippen molar-refractivity contribution in [1.29, 1.82) is 0 Å². The first-order valence-corrected chi connectivity index (χ1v) is 2.94. The second kappa shape index (κ2) is 4.50. The highest BCUT2D eigenvalue weighted by molar-refractivity contribution is 5.41. The lowest BCUT2D eigenvalue weighted by Crippen LogP contribution is -3.00. The van der Waals surface area contributed by atoms with Crippen LogP contribution in [0.15, 0.2) is 18.5 Å². The Morgan fingerprint density at radius 1 is 1.67 bits per heavy atom. The molecule has 1 N–H and O–H groups in total. The minimum atomic E-state index is -0.505. The predicted molar refractivity (Wildman–Crippen MR) is 36.2 cm³/mol. The van der Waals surface area contributed by atoms with Crippen LogP contribution in [0.1, 0.15) is 0 Å². The fourth-order valence-corrected chi connectivity index (χ4v) is 0.723. The zero-order chi connectivity index (χ0) is 8.27. The number of ether oxygens (including phenoxy) is 1. The summed E-state index contributed by atoms with van der Waals surface area (Å²) in [4.78, 5) is 12.4. The molecule has 0 atom stereocenters. The van der Waals surface area contributed by atoms with Crippen molar-refractivity contribution in [2.24, 2.45) is 0 Å². The Kier molecular flexibility index (Phi) is 3.99. The van der Waals surface area contributed by atoms with Crippen LogP contribution in [0.25, 0.3) is 0 Å². The van der Waals surface area contributed by atoms with E-state index in [1.165, 1.54) is 19.4 Å². The summed E-state index contributed by atoms with van der Waals surface area (Å²) in [6, 6.07) is 1.50. The van der Waals surface area contributed by atoms with Crippen molar-refractivity contribution in [3.05, 3.63) is 28.6 Å². The summed E-state index contributed by atoms with van der Waals surface area (Å²) in [5.74, 6) is 0.258. The second-order valence-corrected chi connectivity index (χ2v) is 1.86. The first-order chi connectivity index (χ1) is 5.25. The van der Waals surface area contributed by atoms with Crippen LogP contribution in [0.5, 0.6) is 5.75 Å². The quantitative estimate of drug-likeness (QED) is 0.380. The number of nitrogens with one attached hydrogen (secondary N) is 1. The van der Waals surface area contributed by atoms with Crippen molar-refractivity contribution in [1.82, 2.24) is 0 Å². The van der Waals surface area contributed by atoms with Gasteiger partial charge in [0.1, 0.15) is 0 Å². The molecule has 0 radical (unpaired) electrons. The van der Waals surface area contributed by atoms with Gasteiger partial charge in [-0.15, -0.1) is 0 Å². The average molecular weight is 191 g/mol. The summed E-state index contributed by atoms with van der Waals surface area (Å²) in [5, 5.41) is 10.3. The molecule has 12 heavy (non-hydrogen) atoms. The largest absolute Gasteiger partial charge is 1.00 e. The standard InChI is InChI=1S/C6H6N2O3.ClH/c1-11-6-2-3-7-4-5(6)8(9)10;/h2-4H,1H3;1H. The van der Waals surface area contributed by atoms with Gasteiger partial charge >= 0.3 is 5.69 Å². The van der Waals surface area contributed by atoms with Gasteiger partial charge in [0, 0.05) is 0 Å². The third kappa shape index (κ3) is 2.06. The smallest absolute Gasteiger partial charge is 0.373 e. The maximum absolute atomic E-state index is 10.3. The van der Waals surface area contributed by atoms with Crippen molar-refractivity contribution in [2.45, 2.75) is 0 Å². The van der Waals surface area contributed by atoms with Gasteiger partial charge in [0.05, 0.1) is 18.1 Å². The Morgan fingerprint density at radius 2 is 2.33 bits per heavy atom. The SMILES string of the molecule is COc1cc[nH+]cc1[N+](=O)[O-].[Cl-]. The lowest BCUT2D eigenvalue weighted by atomic mass is 10.4. The van der Waals surface area contributed by atoms with E-state index >= 15 is 0 Å². The Morgan fingerprint density at radius 3 is 2.75 bits per heavy atom. The number of aromatic nitrogens is 1. The van der Waals surface area contributed by atoms with Gasteiger partial charge in [-0.3, -0.25) is 10.1 Å². The number of halogens is 1. The van der Waals surface area contributed by atoms with Crippen LogP contribution in [0.4, 0.5) is 5.69 Å². The van der Waals surface area contributed by atoms with Crippen LogP contribution in [0.2, 0.25) is 0 Å². The molecular weight excluding hydrogens is 184 g/mol. The van der Waals surface area contributed by atoms with E-state index in [0.29, 0.717) is 0 Å². The number of aromatic amines is 1. The van der Waals surface area contributed by atoms with E-state index in [4.69, 9.17) is 4.74 Å². The van der Waals surface area contributed by atoms with Crippen LogP contribution in [0, 0.1) is 10.1 Å². The minimum Gasteiger partial charge on any atom is -1.00 e. The van der Waals surface area contributed by atoms with Gasteiger partial charge in [0.15, 0.2) is 6.20 Å². The van der Waals surface area contributed by atoms with Crippen molar-refractivity contribution in [3.8, 4) is 5.75 Å². The molecule has 0 saturated carbocycles. The number of hydrogen-bond acceptors (Lipinski definition) is 3. The highest BCUT2D eigenvalue weighted by Crippen LogP contribution is 2.22. The number of rotatable bonds is 2. The lowest BCUT2D eigenvalue weighted by molar-refractivity contribution is -0.420. The molecule has 5 nitrogen and oxygen atoms in total. The average Bonchev–Trinajstić information content (AvgIpc) is 2.04. The molecule has 0 bridgehead atoms. The molecular formula is C6H7ClN2O3. The Balaban J connectivity index is 0.00000121. The van der Waals surface area contributed by atoms with E-state index in [1.54, 1.807) is 6.20 Å². The van der Waals surface area contributed by atoms with Gasteiger partial charge in [0.25, 0.3) is 0 Å². The Bertz CT molecular complexity index is 279. The maximum atomic E-state index is 10.3. The molecule has 6 heteroatoms. The summed E-state index contributed by atoms with van der Waals surface area (Å²) < 4.78 is 4.74. The first kappa shape index (κ1) is 10.6. The third-order valence-electron chi connectivity index (χ3n) is 1.22. The number of methoxy groups -OCH3 is 1. The zero-order valence-electron chi connectivity index (χ0n) is 6.28. The van der Waals surface area contributed by atoms with E-state index in [0.717, 1.165) is 0 Å². The maximum Gasteiger partial charge on any atom is 0.373 e. The van der Waals surface area contributed by atoms with Crippen LogP contribution in [-0.4, -0.2) is 12.0 Å². The van der Waals surface area contributed by atoms with E-state index in [1.807, 2.05) is 0 Å². The van der Waals surface area contributed by atoms with Crippen molar-refractivity contribution in [3.63, 3.8) is 0 Å². The van der Waals surface area contributed by atoms with Gasteiger partial charge in [0.2, 0.25) is 11.9 Å². The molecule has 0 saturated heterocycles. The number of nitro groups is 1. The van der Waals surface area contributed by atoms with Gasteiger partial charge in [-0.1, -0.05) is 0 Å². The van der Waals surface area contributed by atoms with Gasteiger partial charge in [-0.25, -0.2) is 4.98 Å². The molecule has 0 aliphatic carbocycles. The molecule has 1 aromatic heterocycles. The Hall–Kier alpha value is -1.36. The topological polar surface area (TPSA) is 66.5 Å². The van der Waals surface area contributed by atoms with Crippen LogP contribution >= 0.6 is 0 Å². The summed E-state index contributed by atoms with van der Waals surface area (Å²) in [6.45, 7) is 0. The van der Waals surface area contributed by atoms with Crippen LogP contribution < -0.4 is 22.1 Å². The summed E-state index contributed by atoms with van der Waals surface area (Å²) in [5.41, 5.74) is -0.0602. The zero-order valence-corrected chi connectivity index (χ0v) is 7.04. The normalized spacial score (nSPS) is 8.42. The molecule has 1 heterocycles. The lowest BCUT2D eigenvalue weighted by Gasteiger charge is -1.95. The minimum absolute atomic E-state index is 0. The molecule has 0 aliphatic rings. The molecule has 66 valence electrons. The van der Waals surface area contributed by atoms with Crippen LogP contribution in [0.3, 0.4) is 0 Å². The van der Waals surface area contributed by atoms with E-state index in [-0.39, 0.29) is 23.8 Å². The second-order valence-electron chi connectivity index (χ2n) is 1.86. The van der Waals surface area contributed by atoms with E-state index < -0.39 is 4.92 Å². The molecule has 0 aromatic carbocycles. The molecule has 1 rings (SSSR count). The molecule has 0 aliphatic heterocycles. The van der Waals surface area contributed by atoms with Crippen molar-refractivity contribution >= 4 is 5.69 Å². The number of hydrogen-bond donors (Lipinski definition) is 0. The van der Waals surface area contributed by atoms with E-state index in [9.17, 15) is 10.1 Å². The number of pyridine rings is 1. The molecule has 0 fully saturated rings. The molecule has 0 amide bonds. The van der Waals surface area contributed by atoms with Crippen molar-refractivity contribution in [2.75, 3.05) is 7.11 Å². The highest BCUT2D eigenvalue weighted by atomic mass is 35.5. The number of H-pyrrole nitrogens is 1. The predicted octanol–water partition coefficient (Wildman–Crippen LogP) is -2.58. The summed E-state index contributed by atoms with van der Waals surface area (Å²) in [6.07, 6.45) is 2.84. The van der Waals surface area contributed by atoms with Crippen LogP contribution in [-0.2, 0) is 0 Å². The van der Waals surface area contributed by atoms with Gasteiger partial charge in [-0.05, 0) is 0 Å². The third-order valence-corrected chi connectivity index (χ3v) is 1.22. The monoisotopic (exact) mass is 190 g/mol. The fraction of sp³-hybridized carbons (Fsp3) is 0.167. The van der Waals surface area contributed by atoms with Gasteiger partial charge < -0.3 is 17.1 Å². The fourth-order valence-electron chi connectivity index (χ4n) is 0.723. The van der Waals surface area contributed by atoms with E-state index in [2.05, 4.69) is 4.98 Å². The van der Waals surface area contributed by atoms with Gasteiger partial charge in [-0.2, -0.15) is 0 Å². The molecule has 0 spiro atoms. The summed E-state index contributed by atoms with van der Waals surface area (Å²) >= 11 is 0. The highest BCUT2D eigenvalue weighted by Gasteiger charge is 2.16. The Labute approximate surface area is 74.9 Å². The number of nitrogens with zero attached hydrogens (tertiary/aromatic N) is 1. The first-order valence-electron chi connectivity index (χ1n) is 2.94.